The Hall–Kier alpha value is -3.55. The second kappa shape index (κ2) is 7.83. The molecule has 3 heterocycles. The van der Waals surface area contributed by atoms with E-state index in [1.807, 2.05) is 37.3 Å². The summed E-state index contributed by atoms with van der Waals surface area (Å²) in [6.07, 6.45) is 9.20. The SMILES string of the molecule is COc1c(F)ccc(F)c1CNc1ccc(C2C=CC=CN=C2C)c2nncn12. The summed E-state index contributed by atoms with van der Waals surface area (Å²) < 4.78 is 34.9. The van der Waals surface area contributed by atoms with Crippen LogP contribution in [-0.4, -0.2) is 27.4 Å². The molecule has 0 aliphatic carbocycles. The average Bonchev–Trinajstić information content (AvgIpc) is 3.12. The van der Waals surface area contributed by atoms with E-state index in [2.05, 4.69) is 20.5 Å². The van der Waals surface area contributed by atoms with Gasteiger partial charge in [-0.2, -0.15) is 0 Å². The van der Waals surface area contributed by atoms with Crippen LogP contribution in [0, 0.1) is 11.6 Å². The summed E-state index contributed by atoms with van der Waals surface area (Å²) in [6.45, 7) is 2.00. The minimum absolute atomic E-state index is 0.0349. The molecule has 1 N–H and O–H groups in total. The quantitative estimate of drug-likeness (QED) is 0.701. The molecule has 1 atom stereocenters. The summed E-state index contributed by atoms with van der Waals surface area (Å²) >= 11 is 0. The molecule has 6 nitrogen and oxygen atoms in total. The first-order valence-electron chi connectivity index (χ1n) is 9.05. The first-order valence-corrected chi connectivity index (χ1v) is 9.05. The number of methoxy groups -OCH3 is 1. The molecule has 0 saturated heterocycles. The number of hydrogen-bond donors (Lipinski definition) is 1. The van der Waals surface area contributed by atoms with E-state index in [0.29, 0.717) is 11.5 Å². The fourth-order valence-electron chi connectivity index (χ4n) is 3.39. The van der Waals surface area contributed by atoms with Crippen LogP contribution in [0.4, 0.5) is 14.6 Å². The summed E-state index contributed by atoms with van der Waals surface area (Å²) in [5.41, 5.74) is 2.65. The molecule has 2 aromatic heterocycles. The molecular formula is C21H19F2N5O. The number of halogens is 2. The highest BCUT2D eigenvalue weighted by atomic mass is 19.1. The van der Waals surface area contributed by atoms with Crippen LogP contribution >= 0.6 is 0 Å². The molecule has 8 heteroatoms. The summed E-state index contributed by atoms with van der Waals surface area (Å²) in [6, 6.07) is 5.92. The van der Waals surface area contributed by atoms with Gasteiger partial charge in [0.1, 0.15) is 18.0 Å². The molecule has 0 saturated carbocycles. The maximum atomic E-state index is 14.2. The molecule has 29 heavy (non-hydrogen) atoms. The Morgan fingerprint density at radius 1 is 1.14 bits per heavy atom. The third-order valence-electron chi connectivity index (χ3n) is 4.86. The van der Waals surface area contributed by atoms with Gasteiger partial charge in [-0.05, 0) is 31.2 Å². The predicted octanol–water partition coefficient (Wildman–Crippen LogP) is 4.26. The highest BCUT2D eigenvalue weighted by molar-refractivity contribution is 5.93. The number of aliphatic imine (C=N–C) groups is 1. The molecule has 1 unspecified atom stereocenters. The molecule has 3 aromatic rings. The second-order valence-electron chi connectivity index (χ2n) is 6.57. The number of nitrogens with zero attached hydrogens (tertiary/aromatic N) is 4. The number of anilines is 1. The lowest BCUT2D eigenvalue weighted by molar-refractivity contribution is 0.377. The number of hydrogen-bond acceptors (Lipinski definition) is 5. The van der Waals surface area contributed by atoms with Crippen LogP contribution in [0.5, 0.6) is 5.75 Å². The van der Waals surface area contributed by atoms with Gasteiger partial charge in [-0.25, -0.2) is 8.78 Å². The number of benzene rings is 1. The number of pyridine rings is 1. The van der Waals surface area contributed by atoms with Crippen molar-refractivity contribution >= 4 is 17.2 Å². The number of rotatable bonds is 5. The summed E-state index contributed by atoms with van der Waals surface area (Å²) in [5, 5.41) is 11.4. The smallest absolute Gasteiger partial charge is 0.166 e. The van der Waals surface area contributed by atoms with Gasteiger partial charge in [-0.1, -0.05) is 18.2 Å². The van der Waals surface area contributed by atoms with Crippen molar-refractivity contribution in [3.05, 3.63) is 77.8 Å². The Morgan fingerprint density at radius 2 is 1.97 bits per heavy atom. The normalized spacial score (nSPS) is 16.0. The minimum atomic E-state index is -0.612. The second-order valence-corrected chi connectivity index (χ2v) is 6.57. The number of fused-ring (bicyclic) bond motifs is 1. The zero-order chi connectivity index (χ0) is 20.4. The lowest BCUT2D eigenvalue weighted by Gasteiger charge is -2.16. The van der Waals surface area contributed by atoms with Crippen LogP contribution in [0.3, 0.4) is 0 Å². The zero-order valence-electron chi connectivity index (χ0n) is 15.9. The molecule has 0 fully saturated rings. The minimum Gasteiger partial charge on any atom is -0.493 e. The summed E-state index contributed by atoms with van der Waals surface area (Å²) in [4.78, 5) is 4.42. The summed E-state index contributed by atoms with van der Waals surface area (Å²) in [5.74, 6) is -0.664. The highest BCUT2D eigenvalue weighted by Crippen LogP contribution is 2.29. The molecular weight excluding hydrogens is 376 g/mol. The Morgan fingerprint density at radius 3 is 2.79 bits per heavy atom. The number of nitrogens with one attached hydrogen (secondary N) is 1. The lowest BCUT2D eigenvalue weighted by Crippen LogP contribution is -2.11. The van der Waals surface area contributed by atoms with Crippen LogP contribution in [0.1, 0.15) is 24.0 Å². The average molecular weight is 395 g/mol. The van der Waals surface area contributed by atoms with Crippen molar-refractivity contribution in [3.63, 3.8) is 0 Å². The van der Waals surface area contributed by atoms with Gasteiger partial charge in [0.05, 0.1) is 12.7 Å². The fraction of sp³-hybridized carbons (Fsp3) is 0.190. The van der Waals surface area contributed by atoms with Gasteiger partial charge in [0.15, 0.2) is 17.2 Å². The van der Waals surface area contributed by atoms with Gasteiger partial charge >= 0.3 is 0 Å². The van der Waals surface area contributed by atoms with Crippen molar-refractivity contribution in [2.24, 2.45) is 4.99 Å². The van der Waals surface area contributed by atoms with E-state index >= 15 is 0 Å². The van der Waals surface area contributed by atoms with Crippen molar-refractivity contribution < 1.29 is 13.5 Å². The standard InChI is InChI=1S/C21H19F2N5O/c1-13-14(5-3-4-10-24-13)15-6-9-19(28-12-26-27-21(15)28)25-11-16-17(22)7-8-18(23)20(16)29-2/h3-10,12,14,25H,11H2,1-2H3. The van der Waals surface area contributed by atoms with Gasteiger partial charge in [0.2, 0.25) is 0 Å². The Kier molecular flexibility index (Phi) is 5.07. The van der Waals surface area contributed by atoms with Crippen LogP contribution in [0.15, 0.2) is 60.0 Å². The molecule has 1 aliphatic rings. The van der Waals surface area contributed by atoms with E-state index in [4.69, 9.17) is 4.74 Å². The van der Waals surface area contributed by atoms with E-state index in [-0.39, 0.29) is 23.8 Å². The Bertz CT molecular complexity index is 1150. The maximum Gasteiger partial charge on any atom is 0.166 e. The fourth-order valence-corrected chi connectivity index (χ4v) is 3.39. The third kappa shape index (κ3) is 3.49. The van der Waals surface area contributed by atoms with E-state index in [0.717, 1.165) is 23.4 Å². The number of ether oxygens (including phenoxy) is 1. The molecule has 148 valence electrons. The van der Waals surface area contributed by atoms with Crippen molar-refractivity contribution in [1.29, 1.82) is 0 Å². The molecule has 1 aromatic carbocycles. The molecule has 0 radical (unpaired) electrons. The van der Waals surface area contributed by atoms with Crippen LogP contribution in [0.2, 0.25) is 0 Å². The largest absolute Gasteiger partial charge is 0.493 e. The van der Waals surface area contributed by atoms with Crippen molar-refractivity contribution in [2.75, 3.05) is 12.4 Å². The van der Waals surface area contributed by atoms with Gasteiger partial charge in [0, 0.05) is 29.9 Å². The Balaban J connectivity index is 1.68. The van der Waals surface area contributed by atoms with E-state index in [9.17, 15) is 8.78 Å². The van der Waals surface area contributed by atoms with Gasteiger partial charge < -0.3 is 10.1 Å². The van der Waals surface area contributed by atoms with Gasteiger partial charge in [-0.15, -0.1) is 10.2 Å². The van der Waals surface area contributed by atoms with Gasteiger partial charge in [0.25, 0.3) is 0 Å². The lowest BCUT2D eigenvalue weighted by atomic mass is 9.95. The topological polar surface area (TPSA) is 63.8 Å². The number of allylic oxidation sites excluding steroid dienone is 3. The van der Waals surface area contributed by atoms with Crippen LogP contribution in [0.25, 0.3) is 5.65 Å². The molecule has 0 bridgehead atoms. The maximum absolute atomic E-state index is 14.2. The number of aromatic nitrogens is 3. The van der Waals surface area contributed by atoms with Crippen molar-refractivity contribution in [2.45, 2.75) is 19.4 Å². The van der Waals surface area contributed by atoms with E-state index in [1.54, 1.807) is 16.9 Å². The molecule has 0 spiro atoms. The van der Waals surface area contributed by atoms with Crippen LogP contribution in [-0.2, 0) is 6.54 Å². The Labute approximate surface area is 166 Å². The molecule has 1 aliphatic heterocycles. The van der Waals surface area contributed by atoms with Crippen molar-refractivity contribution in [3.8, 4) is 5.75 Å². The third-order valence-corrected chi connectivity index (χ3v) is 4.86. The van der Waals surface area contributed by atoms with E-state index < -0.39 is 11.6 Å². The zero-order valence-corrected chi connectivity index (χ0v) is 15.9. The van der Waals surface area contributed by atoms with Gasteiger partial charge in [-0.3, -0.25) is 9.39 Å². The highest BCUT2D eigenvalue weighted by Gasteiger charge is 2.19. The first kappa shape index (κ1) is 18.8. The first-order chi connectivity index (χ1) is 14.1. The molecule has 4 rings (SSSR count). The van der Waals surface area contributed by atoms with Crippen LogP contribution < -0.4 is 10.1 Å². The monoisotopic (exact) mass is 395 g/mol. The molecule has 0 amide bonds. The predicted molar refractivity (Wildman–Crippen MR) is 107 cm³/mol. The van der Waals surface area contributed by atoms with E-state index in [1.165, 1.54) is 7.11 Å². The summed E-state index contributed by atoms with van der Waals surface area (Å²) in [7, 11) is 1.31. The van der Waals surface area contributed by atoms with Crippen molar-refractivity contribution in [1.82, 2.24) is 14.6 Å².